The number of nitrogens with one attached hydrogen (secondary N) is 1. The SMILES string of the molecule is N#Cc1ccc(C2C3=C(CCNC3=O)N(c3cccc(C(F)(F)F)c3)C(=O)N2CC(=O)O)cc1. The molecule has 0 saturated heterocycles. The predicted octanol–water partition coefficient (Wildman–Crippen LogP) is 3.42. The van der Waals surface area contributed by atoms with E-state index in [1.54, 1.807) is 0 Å². The molecule has 2 aromatic rings. The van der Waals surface area contributed by atoms with Gasteiger partial charge in [-0.1, -0.05) is 18.2 Å². The molecule has 11 heteroatoms. The second-order valence-electron chi connectivity index (χ2n) is 7.69. The van der Waals surface area contributed by atoms with Crippen molar-refractivity contribution in [3.63, 3.8) is 0 Å². The van der Waals surface area contributed by atoms with Crippen LogP contribution in [-0.2, 0) is 15.8 Å². The van der Waals surface area contributed by atoms with Crippen LogP contribution >= 0.6 is 0 Å². The van der Waals surface area contributed by atoms with E-state index in [0.717, 1.165) is 28.0 Å². The number of rotatable bonds is 4. The highest BCUT2D eigenvalue weighted by atomic mass is 19.4. The zero-order chi connectivity index (χ0) is 24.6. The van der Waals surface area contributed by atoms with Crippen LogP contribution in [-0.4, -0.2) is 41.0 Å². The predicted molar refractivity (Wildman–Crippen MR) is 112 cm³/mol. The Bertz CT molecular complexity index is 1250. The summed E-state index contributed by atoms with van der Waals surface area (Å²) in [5.74, 6) is -1.92. The summed E-state index contributed by atoms with van der Waals surface area (Å²) in [5, 5.41) is 21.2. The van der Waals surface area contributed by atoms with Crippen molar-refractivity contribution in [3.8, 4) is 6.07 Å². The highest BCUT2D eigenvalue weighted by Crippen LogP contribution is 2.42. The third kappa shape index (κ3) is 4.05. The molecule has 3 amide bonds. The van der Waals surface area contributed by atoms with Crippen molar-refractivity contribution in [3.05, 3.63) is 76.5 Å². The molecule has 2 aliphatic heterocycles. The second kappa shape index (κ2) is 8.55. The number of aliphatic carboxylic acids is 1. The first kappa shape index (κ1) is 22.8. The molecular formula is C23H17F3N4O4. The maximum absolute atomic E-state index is 13.6. The number of anilines is 1. The van der Waals surface area contributed by atoms with Crippen molar-refractivity contribution in [2.75, 3.05) is 18.0 Å². The Balaban J connectivity index is 1.94. The fourth-order valence-electron chi connectivity index (χ4n) is 4.16. The van der Waals surface area contributed by atoms with Gasteiger partial charge in [0.2, 0.25) is 0 Å². The number of hydrogen-bond donors (Lipinski definition) is 2. The number of nitrogens with zero attached hydrogens (tertiary/aromatic N) is 3. The van der Waals surface area contributed by atoms with E-state index in [0.29, 0.717) is 11.1 Å². The van der Waals surface area contributed by atoms with Gasteiger partial charge in [0.1, 0.15) is 6.54 Å². The van der Waals surface area contributed by atoms with Crippen LogP contribution in [0.4, 0.5) is 23.7 Å². The van der Waals surface area contributed by atoms with E-state index < -0.39 is 42.2 Å². The van der Waals surface area contributed by atoms with Gasteiger partial charge >= 0.3 is 18.2 Å². The smallest absolute Gasteiger partial charge is 0.416 e. The largest absolute Gasteiger partial charge is 0.480 e. The lowest BCUT2D eigenvalue weighted by molar-refractivity contribution is -0.138. The van der Waals surface area contributed by atoms with Gasteiger partial charge in [-0.2, -0.15) is 18.4 Å². The van der Waals surface area contributed by atoms with Crippen LogP contribution in [0.5, 0.6) is 0 Å². The van der Waals surface area contributed by atoms with Crippen molar-refractivity contribution in [2.45, 2.75) is 18.6 Å². The molecule has 0 saturated carbocycles. The lowest BCUT2D eigenvalue weighted by Crippen LogP contribution is -2.55. The van der Waals surface area contributed by atoms with Crippen molar-refractivity contribution >= 4 is 23.6 Å². The molecule has 8 nitrogen and oxygen atoms in total. The van der Waals surface area contributed by atoms with E-state index >= 15 is 0 Å². The van der Waals surface area contributed by atoms with E-state index in [1.807, 2.05) is 6.07 Å². The number of amides is 3. The van der Waals surface area contributed by atoms with Gasteiger partial charge in [0.05, 0.1) is 34.5 Å². The summed E-state index contributed by atoms with van der Waals surface area (Å²) >= 11 is 0. The van der Waals surface area contributed by atoms with E-state index in [9.17, 15) is 32.7 Å². The van der Waals surface area contributed by atoms with Crippen LogP contribution in [0.2, 0.25) is 0 Å². The Morgan fingerprint density at radius 1 is 1.18 bits per heavy atom. The normalized spacial score (nSPS) is 18.4. The Hall–Kier alpha value is -4.33. The van der Waals surface area contributed by atoms with Gasteiger partial charge in [-0.3, -0.25) is 14.5 Å². The molecule has 0 aliphatic carbocycles. The molecule has 0 bridgehead atoms. The summed E-state index contributed by atoms with van der Waals surface area (Å²) in [6, 6.07) is 10.0. The quantitative estimate of drug-likeness (QED) is 0.711. The van der Waals surface area contributed by atoms with E-state index in [4.69, 9.17) is 5.26 Å². The van der Waals surface area contributed by atoms with E-state index in [1.165, 1.54) is 30.3 Å². The van der Waals surface area contributed by atoms with Crippen molar-refractivity contribution in [1.82, 2.24) is 10.2 Å². The number of benzene rings is 2. The standard InChI is InChI=1S/C23H17F3N4O4/c24-23(25,26)15-2-1-3-16(10-15)30-17-8-9-28-21(33)19(17)20(29(22(30)34)12-18(31)32)14-6-4-13(11-27)5-7-14/h1-7,10,20H,8-9,12H2,(H,28,33)(H,31,32). The molecule has 0 spiro atoms. The summed E-state index contributed by atoms with van der Waals surface area (Å²) in [5.41, 5.74) is -0.140. The average Bonchev–Trinajstić information content (AvgIpc) is 2.79. The fourth-order valence-corrected chi connectivity index (χ4v) is 4.16. The molecule has 2 aromatic carbocycles. The summed E-state index contributed by atoms with van der Waals surface area (Å²) in [6.07, 6.45) is -4.52. The minimum atomic E-state index is -4.66. The second-order valence-corrected chi connectivity index (χ2v) is 7.69. The molecule has 0 aromatic heterocycles. The molecule has 0 fully saturated rings. The van der Waals surface area contributed by atoms with Gasteiger partial charge in [-0.05, 0) is 35.9 Å². The summed E-state index contributed by atoms with van der Waals surface area (Å²) in [6.45, 7) is -0.650. The van der Waals surface area contributed by atoms with Crippen molar-refractivity contribution < 1.29 is 32.7 Å². The third-order valence-corrected chi connectivity index (χ3v) is 5.59. The van der Waals surface area contributed by atoms with Gasteiger partial charge in [0.25, 0.3) is 5.91 Å². The van der Waals surface area contributed by atoms with Crippen LogP contribution in [0.25, 0.3) is 0 Å². The summed E-state index contributed by atoms with van der Waals surface area (Å²) in [4.78, 5) is 40.1. The monoisotopic (exact) mass is 470 g/mol. The van der Waals surface area contributed by atoms with Gasteiger partial charge in [0.15, 0.2) is 0 Å². The lowest BCUT2D eigenvalue weighted by atomic mass is 9.88. The van der Waals surface area contributed by atoms with Crippen molar-refractivity contribution in [1.29, 1.82) is 5.26 Å². The molecule has 2 heterocycles. The number of carboxylic acids is 1. The Morgan fingerprint density at radius 2 is 1.88 bits per heavy atom. The number of carbonyl (C=O) groups excluding carboxylic acids is 2. The maximum Gasteiger partial charge on any atom is 0.416 e. The van der Waals surface area contributed by atoms with Crippen molar-refractivity contribution in [2.24, 2.45) is 0 Å². The first-order valence-electron chi connectivity index (χ1n) is 10.1. The number of carbonyl (C=O) groups is 3. The summed E-state index contributed by atoms with van der Waals surface area (Å²) < 4.78 is 40.0. The Morgan fingerprint density at radius 3 is 2.50 bits per heavy atom. The van der Waals surface area contributed by atoms with Crippen LogP contribution in [0.1, 0.15) is 29.2 Å². The van der Waals surface area contributed by atoms with Gasteiger partial charge < -0.3 is 15.3 Å². The molecule has 2 aliphatic rings. The highest BCUT2D eigenvalue weighted by molar-refractivity contribution is 6.06. The van der Waals surface area contributed by atoms with E-state index in [2.05, 4.69) is 5.32 Å². The number of urea groups is 1. The Labute approximate surface area is 191 Å². The number of carboxylic acid groups (broad SMARTS) is 1. The molecule has 1 atom stereocenters. The molecular weight excluding hydrogens is 453 g/mol. The molecule has 174 valence electrons. The van der Waals surface area contributed by atoms with Crippen LogP contribution in [0.3, 0.4) is 0 Å². The zero-order valence-corrected chi connectivity index (χ0v) is 17.5. The first-order valence-corrected chi connectivity index (χ1v) is 10.1. The molecule has 1 unspecified atom stereocenters. The van der Waals surface area contributed by atoms with Crippen LogP contribution < -0.4 is 10.2 Å². The third-order valence-electron chi connectivity index (χ3n) is 5.59. The molecule has 0 radical (unpaired) electrons. The molecule has 34 heavy (non-hydrogen) atoms. The highest BCUT2D eigenvalue weighted by Gasteiger charge is 2.45. The minimum absolute atomic E-state index is 0.0641. The molecule has 4 rings (SSSR count). The fraction of sp³-hybridized carbons (Fsp3) is 0.217. The van der Waals surface area contributed by atoms with Gasteiger partial charge in [-0.25, -0.2) is 4.79 Å². The zero-order valence-electron chi connectivity index (χ0n) is 17.5. The number of hydrogen-bond acceptors (Lipinski definition) is 4. The van der Waals surface area contributed by atoms with E-state index in [-0.39, 0.29) is 29.9 Å². The van der Waals surface area contributed by atoms with Crippen LogP contribution in [0.15, 0.2) is 59.8 Å². The topological polar surface area (TPSA) is 114 Å². The van der Waals surface area contributed by atoms with Gasteiger partial charge in [-0.15, -0.1) is 0 Å². The molecule has 2 N–H and O–H groups in total. The first-order chi connectivity index (χ1) is 16.1. The maximum atomic E-state index is 13.6. The van der Waals surface area contributed by atoms with Crippen LogP contribution in [0, 0.1) is 11.3 Å². The Kier molecular flexibility index (Phi) is 5.75. The number of halogens is 3. The average molecular weight is 470 g/mol. The minimum Gasteiger partial charge on any atom is -0.480 e. The summed E-state index contributed by atoms with van der Waals surface area (Å²) in [7, 11) is 0. The number of alkyl halides is 3. The number of nitriles is 1. The van der Waals surface area contributed by atoms with Gasteiger partial charge in [0, 0.05) is 18.7 Å². The lowest BCUT2D eigenvalue weighted by Gasteiger charge is -2.44.